The number of carbonyl (C=O) groups excluding carboxylic acids is 1. The molecule has 1 amide bonds. The zero-order valence-electron chi connectivity index (χ0n) is 12.8. The quantitative estimate of drug-likeness (QED) is 0.610. The largest absolute Gasteiger partial charge is 0.488 e. The Balaban J connectivity index is 2.06. The SMILES string of the molecule is C[C@H](COc1c(Cl)cc(F)cc1Cl)NC(=O)c1[nH]c(=O)[nH]c(=O)c1N. The molecule has 0 fully saturated rings. The van der Waals surface area contributed by atoms with Crippen molar-refractivity contribution in [2.75, 3.05) is 12.3 Å². The van der Waals surface area contributed by atoms with E-state index in [0.717, 1.165) is 12.1 Å². The number of nitrogens with two attached hydrogens (primary N) is 1. The molecule has 0 radical (unpaired) electrons. The number of anilines is 1. The van der Waals surface area contributed by atoms with Crippen LogP contribution in [0, 0.1) is 5.82 Å². The summed E-state index contributed by atoms with van der Waals surface area (Å²) in [5.74, 6) is -1.32. The molecule has 0 saturated heterocycles. The molecular formula is C14H13Cl2FN4O4. The fourth-order valence-electron chi connectivity index (χ4n) is 1.89. The van der Waals surface area contributed by atoms with Crippen LogP contribution in [0.3, 0.4) is 0 Å². The van der Waals surface area contributed by atoms with Gasteiger partial charge in [0.05, 0.1) is 16.1 Å². The first kappa shape index (κ1) is 18.8. The minimum atomic E-state index is -0.873. The summed E-state index contributed by atoms with van der Waals surface area (Å²) in [5.41, 5.74) is 2.95. The summed E-state index contributed by atoms with van der Waals surface area (Å²) >= 11 is 11.7. The number of ether oxygens (including phenoxy) is 1. The second-order valence-electron chi connectivity index (χ2n) is 5.08. The van der Waals surface area contributed by atoms with Crippen molar-refractivity contribution in [3.63, 3.8) is 0 Å². The predicted molar refractivity (Wildman–Crippen MR) is 90.9 cm³/mol. The molecule has 1 heterocycles. The lowest BCUT2D eigenvalue weighted by Gasteiger charge is -2.16. The zero-order chi connectivity index (χ0) is 18.7. The van der Waals surface area contributed by atoms with Gasteiger partial charge in [0, 0.05) is 0 Å². The normalized spacial score (nSPS) is 11.8. The highest BCUT2D eigenvalue weighted by atomic mass is 35.5. The molecule has 0 aliphatic carbocycles. The second kappa shape index (κ2) is 7.58. The van der Waals surface area contributed by atoms with E-state index in [1.165, 1.54) is 0 Å². The Kier molecular flexibility index (Phi) is 5.70. The minimum absolute atomic E-state index is 0.0216. The van der Waals surface area contributed by atoms with E-state index in [9.17, 15) is 18.8 Å². The van der Waals surface area contributed by atoms with Crippen molar-refractivity contribution in [3.8, 4) is 5.75 Å². The van der Waals surface area contributed by atoms with Gasteiger partial charge in [-0.15, -0.1) is 0 Å². The molecule has 1 aromatic carbocycles. The number of aromatic amines is 2. The lowest BCUT2D eigenvalue weighted by atomic mass is 10.3. The van der Waals surface area contributed by atoms with Gasteiger partial charge in [-0.3, -0.25) is 14.6 Å². The number of aromatic nitrogens is 2. The van der Waals surface area contributed by atoms with Crippen molar-refractivity contribution in [1.29, 1.82) is 0 Å². The molecule has 1 aromatic heterocycles. The highest BCUT2D eigenvalue weighted by Crippen LogP contribution is 2.33. The van der Waals surface area contributed by atoms with Crippen molar-refractivity contribution in [2.45, 2.75) is 13.0 Å². The van der Waals surface area contributed by atoms with Crippen LogP contribution < -0.4 is 27.0 Å². The van der Waals surface area contributed by atoms with E-state index in [4.69, 9.17) is 33.7 Å². The van der Waals surface area contributed by atoms with Gasteiger partial charge in [0.1, 0.15) is 23.8 Å². The van der Waals surface area contributed by atoms with Gasteiger partial charge in [-0.25, -0.2) is 9.18 Å². The second-order valence-corrected chi connectivity index (χ2v) is 5.90. The van der Waals surface area contributed by atoms with Crippen molar-refractivity contribution in [1.82, 2.24) is 15.3 Å². The van der Waals surface area contributed by atoms with Crippen LogP contribution >= 0.6 is 23.2 Å². The molecule has 0 aliphatic rings. The monoisotopic (exact) mass is 390 g/mol. The number of halogens is 3. The van der Waals surface area contributed by atoms with Crippen LogP contribution in [0.5, 0.6) is 5.75 Å². The van der Waals surface area contributed by atoms with E-state index in [0.29, 0.717) is 0 Å². The number of carbonyl (C=O) groups is 1. The lowest BCUT2D eigenvalue weighted by Crippen LogP contribution is -2.40. The van der Waals surface area contributed by atoms with Crippen molar-refractivity contribution in [3.05, 3.63) is 54.5 Å². The van der Waals surface area contributed by atoms with Gasteiger partial charge in [0.2, 0.25) is 0 Å². The van der Waals surface area contributed by atoms with Crippen molar-refractivity contribution >= 4 is 34.8 Å². The summed E-state index contributed by atoms with van der Waals surface area (Å²) in [6.45, 7) is 1.52. The zero-order valence-corrected chi connectivity index (χ0v) is 14.3. The molecule has 5 N–H and O–H groups in total. The Morgan fingerprint density at radius 2 is 1.92 bits per heavy atom. The van der Waals surface area contributed by atoms with Gasteiger partial charge in [-0.05, 0) is 19.1 Å². The maximum absolute atomic E-state index is 13.1. The average Bonchev–Trinajstić information content (AvgIpc) is 2.49. The molecule has 0 unspecified atom stereocenters. The topological polar surface area (TPSA) is 130 Å². The highest BCUT2D eigenvalue weighted by molar-refractivity contribution is 6.37. The van der Waals surface area contributed by atoms with E-state index in [1.807, 2.05) is 4.98 Å². The summed E-state index contributed by atoms with van der Waals surface area (Å²) < 4.78 is 18.5. The maximum atomic E-state index is 13.1. The smallest absolute Gasteiger partial charge is 0.326 e. The van der Waals surface area contributed by atoms with Gasteiger partial charge in [0.15, 0.2) is 5.75 Å². The number of nitrogen functional groups attached to an aromatic ring is 1. The van der Waals surface area contributed by atoms with Gasteiger partial charge in [-0.2, -0.15) is 0 Å². The molecular weight excluding hydrogens is 378 g/mol. The van der Waals surface area contributed by atoms with Gasteiger partial charge in [0.25, 0.3) is 11.5 Å². The Bertz CT molecular complexity index is 905. The van der Waals surface area contributed by atoms with E-state index in [2.05, 4.69) is 10.3 Å². The molecule has 2 rings (SSSR count). The van der Waals surface area contributed by atoms with E-state index < -0.39 is 34.7 Å². The standard InChI is InChI=1S/C14H13Cl2FN4O4/c1-5(4-25-11-7(15)2-6(17)3-8(11)16)19-13(23)10-9(18)12(22)21-14(24)20-10/h2-3,5H,4,18H2,1H3,(H,19,23)(H2,20,21,22,24)/t5-/m1/s1. The Labute approximate surface area is 150 Å². The summed E-state index contributed by atoms with van der Waals surface area (Å²) in [6, 6.07) is 1.49. The maximum Gasteiger partial charge on any atom is 0.326 e. The first-order valence-corrected chi connectivity index (χ1v) is 7.65. The van der Waals surface area contributed by atoms with Gasteiger partial charge < -0.3 is 20.8 Å². The molecule has 11 heteroatoms. The third-order valence-corrected chi connectivity index (χ3v) is 3.59. The summed E-state index contributed by atoms with van der Waals surface area (Å²) in [7, 11) is 0. The molecule has 1 atom stereocenters. The molecule has 0 aliphatic heterocycles. The van der Waals surface area contributed by atoms with Crippen LogP contribution in [0.2, 0.25) is 10.0 Å². The fraction of sp³-hybridized carbons (Fsp3) is 0.214. The molecule has 8 nitrogen and oxygen atoms in total. The molecule has 0 bridgehead atoms. The van der Waals surface area contributed by atoms with Crippen molar-refractivity contribution in [2.24, 2.45) is 0 Å². The lowest BCUT2D eigenvalue weighted by molar-refractivity contribution is 0.0922. The molecule has 25 heavy (non-hydrogen) atoms. The van der Waals surface area contributed by atoms with Crippen molar-refractivity contribution < 1.29 is 13.9 Å². The third kappa shape index (κ3) is 4.52. The minimum Gasteiger partial charge on any atom is -0.488 e. The molecule has 134 valence electrons. The number of nitrogens with one attached hydrogen (secondary N) is 3. The Morgan fingerprint density at radius 1 is 1.32 bits per heavy atom. The Hall–Kier alpha value is -2.52. The first-order valence-electron chi connectivity index (χ1n) is 6.89. The Morgan fingerprint density at radius 3 is 2.52 bits per heavy atom. The fourth-order valence-corrected chi connectivity index (χ4v) is 2.46. The predicted octanol–water partition coefficient (Wildman–Crippen LogP) is 1.29. The molecule has 2 aromatic rings. The van der Waals surface area contributed by atoms with E-state index in [-0.39, 0.29) is 28.1 Å². The van der Waals surface area contributed by atoms with Crippen LogP contribution in [0.1, 0.15) is 17.4 Å². The average molecular weight is 391 g/mol. The summed E-state index contributed by atoms with van der Waals surface area (Å²) in [4.78, 5) is 38.8. The van der Waals surface area contributed by atoms with Crippen LogP contribution in [0.4, 0.5) is 10.1 Å². The number of hydrogen-bond donors (Lipinski definition) is 4. The molecule has 0 spiro atoms. The third-order valence-electron chi connectivity index (χ3n) is 3.02. The molecule has 0 saturated carbocycles. The highest BCUT2D eigenvalue weighted by Gasteiger charge is 2.17. The first-order chi connectivity index (χ1) is 11.7. The van der Waals surface area contributed by atoms with Gasteiger partial charge >= 0.3 is 5.69 Å². The summed E-state index contributed by atoms with van der Waals surface area (Å²) in [6.07, 6.45) is 0. The number of hydrogen-bond acceptors (Lipinski definition) is 5. The number of benzene rings is 1. The van der Waals surface area contributed by atoms with Crippen LogP contribution in [0.15, 0.2) is 21.7 Å². The van der Waals surface area contributed by atoms with E-state index in [1.54, 1.807) is 6.92 Å². The van der Waals surface area contributed by atoms with Gasteiger partial charge in [-0.1, -0.05) is 23.2 Å². The van der Waals surface area contributed by atoms with Crippen LogP contribution in [0.25, 0.3) is 0 Å². The van der Waals surface area contributed by atoms with Crippen LogP contribution in [-0.2, 0) is 0 Å². The number of rotatable bonds is 5. The van der Waals surface area contributed by atoms with E-state index >= 15 is 0 Å². The van der Waals surface area contributed by atoms with Crippen LogP contribution in [-0.4, -0.2) is 28.5 Å². The number of amides is 1. The number of H-pyrrole nitrogens is 2. The summed E-state index contributed by atoms with van der Waals surface area (Å²) in [5, 5.41) is 2.44.